The van der Waals surface area contributed by atoms with Crippen LogP contribution in [0.1, 0.15) is 11.1 Å². The number of anilines is 6. The summed E-state index contributed by atoms with van der Waals surface area (Å²) in [4.78, 5) is 3.79. The predicted octanol–water partition coefficient (Wildman–Crippen LogP) is 23.0. The van der Waals surface area contributed by atoms with Gasteiger partial charge in [0.15, 0.2) is 11.2 Å². The standard InChI is InChI=1S/C74H42F6N2O2/c75-73(76,77)61-39-47(37-45-21-7-9-23-49(45)61)81(63-29-15-27-55-51-25-11-13-31-67(51)83-71(55)63)65-41-59(43-17-3-1-4-18-43)53-33-35-58-66(42-60(44-19-5-2-6-20-44)54-34-36-57(65)69(53)70(54)58)82(48-38-46-22-8-10-24-50(46)62(40-48)74(78,79)80)64-30-16-28-56-52-26-12-14-32-68(52)84-72(56)64/h1-42H. The summed E-state index contributed by atoms with van der Waals surface area (Å²) in [5.41, 5.74) is 6.53. The summed E-state index contributed by atoms with van der Waals surface area (Å²) >= 11 is 0. The zero-order chi connectivity index (χ0) is 56.6. The summed E-state index contributed by atoms with van der Waals surface area (Å²) in [5, 5.41) is 8.85. The monoisotopic (exact) mass is 1100 g/mol. The van der Waals surface area contributed by atoms with E-state index in [0.29, 0.717) is 66.6 Å². The van der Waals surface area contributed by atoms with Crippen molar-refractivity contribution < 1.29 is 35.2 Å². The van der Waals surface area contributed by atoms with E-state index in [9.17, 15) is 0 Å². The molecule has 0 saturated carbocycles. The van der Waals surface area contributed by atoms with E-state index in [4.69, 9.17) is 8.83 Å². The van der Waals surface area contributed by atoms with E-state index in [0.717, 1.165) is 65.3 Å². The summed E-state index contributed by atoms with van der Waals surface area (Å²) in [5.74, 6) is 0. The lowest BCUT2D eigenvalue weighted by Crippen LogP contribution is -2.14. The number of para-hydroxylation sites is 4. The average Bonchev–Trinajstić information content (AvgIpc) is 3.67. The van der Waals surface area contributed by atoms with Crippen LogP contribution in [0.3, 0.4) is 0 Å². The maximum atomic E-state index is 15.7. The highest BCUT2D eigenvalue weighted by molar-refractivity contribution is 6.33. The van der Waals surface area contributed by atoms with Gasteiger partial charge in [0.05, 0.1) is 33.9 Å². The molecule has 10 heteroatoms. The predicted molar refractivity (Wildman–Crippen MR) is 330 cm³/mol. The maximum absolute atomic E-state index is 15.7. The van der Waals surface area contributed by atoms with Crippen LogP contribution in [0.25, 0.3) is 120 Å². The number of nitrogens with zero attached hydrogens (tertiary/aromatic N) is 2. The van der Waals surface area contributed by atoms with Crippen LogP contribution in [0.2, 0.25) is 0 Å². The summed E-state index contributed by atoms with van der Waals surface area (Å²) in [6, 6.07) is 78.1. The van der Waals surface area contributed by atoms with Gasteiger partial charge < -0.3 is 18.6 Å². The van der Waals surface area contributed by atoms with E-state index in [2.05, 4.69) is 24.3 Å². The number of rotatable bonds is 8. The van der Waals surface area contributed by atoms with Crippen LogP contribution in [0.4, 0.5) is 60.5 Å². The molecular formula is C74H42F6N2O2. The molecule has 0 aliphatic carbocycles. The fourth-order valence-electron chi connectivity index (χ4n) is 13.0. The molecule has 14 aromatic carbocycles. The molecule has 0 amide bonds. The van der Waals surface area contributed by atoms with Gasteiger partial charge in [-0.25, -0.2) is 0 Å². The van der Waals surface area contributed by atoms with Crippen molar-refractivity contribution in [2.45, 2.75) is 12.4 Å². The first-order chi connectivity index (χ1) is 40.9. The van der Waals surface area contributed by atoms with Crippen molar-refractivity contribution in [3.05, 3.63) is 266 Å². The molecule has 2 heterocycles. The number of furan rings is 2. The number of halogens is 6. The van der Waals surface area contributed by atoms with E-state index < -0.39 is 23.5 Å². The third-order valence-corrected chi connectivity index (χ3v) is 16.6. The summed E-state index contributed by atoms with van der Waals surface area (Å²) in [6.45, 7) is 0. The molecule has 84 heavy (non-hydrogen) atoms. The Balaban J connectivity index is 1.08. The van der Waals surface area contributed by atoms with Crippen molar-refractivity contribution in [3.63, 3.8) is 0 Å². The molecular weight excluding hydrogens is 1060 g/mol. The summed E-state index contributed by atoms with van der Waals surface area (Å²) in [6.07, 6.45) is -9.47. The van der Waals surface area contributed by atoms with Gasteiger partial charge in [0.25, 0.3) is 0 Å². The molecule has 4 nitrogen and oxygen atoms in total. The topological polar surface area (TPSA) is 32.8 Å². The Morgan fingerprint density at radius 3 is 1.05 bits per heavy atom. The molecule has 16 rings (SSSR count). The van der Waals surface area contributed by atoms with E-state index in [1.165, 1.54) is 24.3 Å². The van der Waals surface area contributed by atoms with Crippen LogP contribution in [-0.4, -0.2) is 0 Å². The number of alkyl halides is 6. The SMILES string of the molecule is FC(F)(F)c1cc(N(c2cc(-c3ccccc3)c3ccc4c(N(c5cc(C(F)(F)F)c6ccccc6c5)c5cccc6c5oc5ccccc56)cc(-c5ccccc5)c5ccc2c3c54)c2cccc3c2oc2ccccc23)cc2ccccc12. The zero-order valence-electron chi connectivity index (χ0n) is 44.2. The molecule has 0 saturated heterocycles. The van der Waals surface area contributed by atoms with Gasteiger partial charge in [-0.05, 0) is 115 Å². The maximum Gasteiger partial charge on any atom is 0.417 e. The molecule has 0 fully saturated rings. The van der Waals surface area contributed by atoms with Crippen LogP contribution < -0.4 is 9.80 Å². The van der Waals surface area contributed by atoms with Crippen LogP contribution in [0.15, 0.2) is 264 Å². The number of benzene rings is 14. The Morgan fingerprint density at radius 2 is 0.631 bits per heavy atom. The molecule has 16 aromatic rings. The average molecular weight is 1110 g/mol. The molecule has 0 aliphatic heterocycles. The second-order valence-electron chi connectivity index (χ2n) is 21.3. The highest BCUT2D eigenvalue weighted by Crippen LogP contribution is 2.55. The van der Waals surface area contributed by atoms with Gasteiger partial charge in [0.2, 0.25) is 0 Å². The van der Waals surface area contributed by atoms with Gasteiger partial charge in [0, 0.05) is 54.5 Å². The Hall–Kier alpha value is -10.6. The molecule has 0 spiro atoms. The highest BCUT2D eigenvalue weighted by Gasteiger charge is 2.37. The highest BCUT2D eigenvalue weighted by atomic mass is 19.4. The minimum Gasteiger partial charge on any atom is -0.454 e. The fraction of sp³-hybridized carbons (Fsp3) is 0.0270. The summed E-state index contributed by atoms with van der Waals surface area (Å²) in [7, 11) is 0. The van der Waals surface area contributed by atoms with E-state index in [1.807, 2.05) is 168 Å². The largest absolute Gasteiger partial charge is 0.454 e. The first-order valence-electron chi connectivity index (χ1n) is 27.4. The molecule has 402 valence electrons. The minimum atomic E-state index is -4.74. The van der Waals surface area contributed by atoms with Crippen molar-refractivity contribution in [3.8, 4) is 22.3 Å². The van der Waals surface area contributed by atoms with Gasteiger partial charge in [0.1, 0.15) is 11.2 Å². The Kier molecular flexibility index (Phi) is 10.8. The van der Waals surface area contributed by atoms with E-state index in [-0.39, 0.29) is 22.1 Å². The van der Waals surface area contributed by atoms with Crippen molar-refractivity contribution in [1.29, 1.82) is 0 Å². The molecule has 0 aliphatic rings. The first kappa shape index (κ1) is 49.3. The first-order valence-corrected chi connectivity index (χ1v) is 27.4. The molecule has 0 atom stereocenters. The molecule has 0 unspecified atom stereocenters. The lowest BCUT2D eigenvalue weighted by molar-refractivity contribution is -0.137. The van der Waals surface area contributed by atoms with Gasteiger partial charge in [-0.2, -0.15) is 26.3 Å². The molecule has 0 N–H and O–H groups in total. The van der Waals surface area contributed by atoms with Gasteiger partial charge in [-0.3, -0.25) is 0 Å². The Labute approximate surface area is 475 Å². The van der Waals surface area contributed by atoms with Crippen LogP contribution in [0.5, 0.6) is 0 Å². The normalized spacial score (nSPS) is 12.4. The van der Waals surface area contributed by atoms with Crippen LogP contribution >= 0.6 is 0 Å². The number of hydrogen-bond acceptors (Lipinski definition) is 4. The fourth-order valence-corrected chi connectivity index (χ4v) is 13.0. The van der Waals surface area contributed by atoms with Crippen LogP contribution in [-0.2, 0) is 12.4 Å². The molecule has 2 aromatic heterocycles. The van der Waals surface area contributed by atoms with Crippen molar-refractivity contribution in [2.24, 2.45) is 0 Å². The van der Waals surface area contributed by atoms with Crippen LogP contribution in [0, 0.1) is 0 Å². The number of hydrogen-bond donors (Lipinski definition) is 0. The van der Waals surface area contributed by atoms with E-state index in [1.54, 1.807) is 48.5 Å². The van der Waals surface area contributed by atoms with E-state index >= 15 is 26.3 Å². The quantitative estimate of drug-likeness (QED) is 0.112. The van der Waals surface area contributed by atoms with Crippen molar-refractivity contribution >= 4 is 132 Å². The second-order valence-corrected chi connectivity index (χ2v) is 21.3. The molecule has 0 radical (unpaired) electrons. The third-order valence-electron chi connectivity index (χ3n) is 16.6. The second kappa shape index (κ2) is 18.5. The zero-order valence-corrected chi connectivity index (χ0v) is 44.2. The third kappa shape index (κ3) is 7.63. The number of fused-ring (bicyclic) bond motifs is 8. The Morgan fingerprint density at radius 1 is 0.274 bits per heavy atom. The minimum absolute atomic E-state index is 0.0636. The van der Waals surface area contributed by atoms with Crippen molar-refractivity contribution in [1.82, 2.24) is 0 Å². The smallest absolute Gasteiger partial charge is 0.417 e. The van der Waals surface area contributed by atoms with Gasteiger partial charge in [-0.1, -0.05) is 194 Å². The lowest BCUT2D eigenvalue weighted by Gasteiger charge is -2.31. The van der Waals surface area contributed by atoms with Gasteiger partial charge in [-0.15, -0.1) is 0 Å². The Bertz CT molecular complexity index is 4980. The van der Waals surface area contributed by atoms with Crippen molar-refractivity contribution in [2.75, 3.05) is 9.80 Å². The molecule has 0 bridgehead atoms. The van der Waals surface area contributed by atoms with Gasteiger partial charge >= 0.3 is 12.4 Å². The summed E-state index contributed by atoms with van der Waals surface area (Å²) < 4.78 is 108. The lowest BCUT2D eigenvalue weighted by atomic mass is 9.85.